The normalized spacial score (nSPS) is 16.8. The third kappa shape index (κ3) is 19.4. The molecule has 5 aromatic rings. The van der Waals surface area contributed by atoms with Crippen molar-refractivity contribution in [1.29, 1.82) is 0 Å². The van der Waals surface area contributed by atoms with Crippen molar-refractivity contribution in [2.75, 3.05) is 33.0 Å². The molecule has 21 heteroatoms. The molecule has 2 aliphatic carbocycles. The zero-order chi connectivity index (χ0) is 58.1. The van der Waals surface area contributed by atoms with E-state index in [0.717, 1.165) is 69.1 Å². The fourth-order valence-corrected chi connectivity index (χ4v) is 10.3. The first kappa shape index (κ1) is 61.3. The number of carbonyl (C=O) groups excluding carboxylic acids is 6. The smallest absolute Gasteiger partial charge is 0.330 e. The van der Waals surface area contributed by atoms with E-state index in [0.29, 0.717) is 123 Å². The van der Waals surface area contributed by atoms with Gasteiger partial charge < -0.3 is 37.9 Å². The van der Waals surface area contributed by atoms with Gasteiger partial charge in [-0.15, -0.1) is 10.2 Å². The molecule has 0 saturated heterocycles. The number of benzene rings is 4. The Hall–Kier alpha value is -8.33. The monoisotopic (exact) mass is 1140 g/mol. The fraction of sp³-hybridized carbons (Fsp3) is 0.426. The lowest BCUT2D eigenvalue weighted by atomic mass is 9.82. The van der Waals surface area contributed by atoms with Crippen LogP contribution >= 0.6 is 11.3 Å². The summed E-state index contributed by atoms with van der Waals surface area (Å²) in [6.07, 6.45) is 13.0. The number of carbonyl (C=O) groups is 6. The summed E-state index contributed by atoms with van der Waals surface area (Å²) in [6, 6.07) is 22.7. The van der Waals surface area contributed by atoms with Gasteiger partial charge in [0.05, 0.1) is 72.0 Å². The van der Waals surface area contributed by atoms with Gasteiger partial charge >= 0.3 is 35.8 Å². The number of nitro groups is 1. The first-order valence-electron chi connectivity index (χ1n) is 27.8. The van der Waals surface area contributed by atoms with Crippen molar-refractivity contribution in [2.24, 2.45) is 33.9 Å². The average Bonchev–Trinajstić information content (AvgIpc) is 3.99. The molecule has 2 saturated carbocycles. The Bertz CT molecular complexity index is 3000. The Labute approximate surface area is 479 Å². The maximum absolute atomic E-state index is 13.7. The number of nitro benzene ring substituents is 1. The van der Waals surface area contributed by atoms with Crippen molar-refractivity contribution < 1.29 is 71.6 Å². The molecule has 0 spiro atoms. The molecule has 2 aliphatic rings. The summed E-state index contributed by atoms with van der Waals surface area (Å²) in [5.41, 5.74) is 1.38. The molecular weight excluding hydrogens is 1080 g/mol. The van der Waals surface area contributed by atoms with Crippen LogP contribution in [0.1, 0.15) is 108 Å². The van der Waals surface area contributed by atoms with Crippen molar-refractivity contribution in [1.82, 2.24) is 4.98 Å². The molecule has 2 fully saturated rings. The molecule has 0 bridgehead atoms. The molecule has 82 heavy (non-hydrogen) atoms. The zero-order valence-corrected chi connectivity index (χ0v) is 46.6. The number of nitrogens with zero attached hydrogens (tertiary/aromatic N) is 4. The minimum Gasteiger partial charge on any atom is -0.494 e. The van der Waals surface area contributed by atoms with E-state index in [2.05, 4.69) is 28.4 Å². The van der Waals surface area contributed by atoms with E-state index in [4.69, 9.17) is 37.9 Å². The molecule has 7 rings (SSSR count). The van der Waals surface area contributed by atoms with E-state index in [-0.39, 0.29) is 52.9 Å². The van der Waals surface area contributed by atoms with Crippen LogP contribution in [0.15, 0.2) is 120 Å². The third-order valence-corrected chi connectivity index (χ3v) is 15.0. The molecular formula is C61H68N4O16S. The average molecular weight is 1150 g/mol. The van der Waals surface area contributed by atoms with E-state index in [1.165, 1.54) is 35.6 Å². The first-order chi connectivity index (χ1) is 39.8. The van der Waals surface area contributed by atoms with Crippen LogP contribution in [0.25, 0.3) is 10.2 Å². The highest BCUT2D eigenvalue weighted by Gasteiger charge is 2.34. The second-order valence-corrected chi connectivity index (χ2v) is 20.8. The molecule has 20 nitrogen and oxygen atoms in total. The summed E-state index contributed by atoms with van der Waals surface area (Å²) in [7, 11) is 0. The van der Waals surface area contributed by atoms with Crippen molar-refractivity contribution in [2.45, 2.75) is 109 Å². The molecule has 4 aromatic carbocycles. The third-order valence-electron chi connectivity index (χ3n) is 14.0. The van der Waals surface area contributed by atoms with Crippen LogP contribution in [0.3, 0.4) is 0 Å². The van der Waals surface area contributed by atoms with E-state index in [1.807, 2.05) is 0 Å². The minimum atomic E-state index is -0.511. The Kier molecular flexibility index (Phi) is 24.1. The lowest BCUT2D eigenvalue weighted by Crippen LogP contribution is -2.30. The topological polar surface area (TPSA) is 257 Å². The largest absolute Gasteiger partial charge is 0.494 e. The Morgan fingerprint density at radius 1 is 0.524 bits per heavy atom. The summed E-state index contributed by atoms with van der Waals surface area (Å²) >= 11 is 1.19. The number of thiazole rings is 1. The number of aromatic nitrogens is 1. The van der Waals surface area contributed by atoms with Gasteiger partial charge in [-0.05, 0) is 175 Å². The van der Waals surface area contributed by atoms with Crippen LogP contribution < -0.4 is 23.7 Å². The molecule has 0 radical (unpaired) electrons. The molecule has 0 aliphatic heterocycles. The minimum absolute atomic E-state index is 0.0496. The summed E-state index contributed by atoms with van der Waals surface area (Å²) in [4.78, 5) is 91.0. The van der Waals surface area contributed by atoms with E-state index in [9.17, 15) is 38.9 Å². The van der Waals surface area contributed by atoms with Crippen LogP contribution in [0.2, 0.25) is 0 Å². The predicted molar refractivity (Wildman–Crippen MR) is 302 cm³/mol. The summed E-state index contributed by atoms with van der Waals surface area (Å²) in [5.74, 6) is -1.71. The zero-order valence-electron chi connectivity index (χ0n) is 45.7. The Morgan fingerprint density at radius 3 is 1.43 bits per heavy atom. The summed E-state index contributed by atoms with van der Waals surface area (Å²) in [6.45, 7) is 8.58. The lowest BCUT2D eigenvalue weighted by Gasteiger charge is -2.26. The number of ether oxygens (including phenoxy) is 8. The molecule has 0 amide bonds. The van der Waals surface area contributed by atoms with Crippen molar-refractivity contribution in [3.8, 4) is 28.7 Å². The van der Waals surface area contributed by atoms with Crippen LogP contribution in [0.4, 0.5) is 16.5 Å². The second-order valence-electron chi connectivity index (χ2n) is 19.9. The van der Waals surface area contributed by atoms with Crippen LogP contribution in [0, 0.1) is 33.8 Å². The SMILES string of the molecule is C=CC(=O)OCCCCCCOc1ccc(OC(=O)C2CCC(C(=O)OCCc3ccc(OC(=O)C4CCC(C(=O)Oc5ccc(OCCCCCCOC(=O)C=C)cc5)CC4)c4nc(N=Nc5ccc([N+](=O)[O-])cc5)sc34)CC2)cc1. The number of esters is 6. The van der Waals surface area contributed by atoms with Gasteiger partial charge in [-0.25, -0.2) is 14.6 Å². The van der Waals surface area contributed by atoms with E-state index < -0.39 is 34.7 Å². The van der Waals surface area contributed by atoms with Crippen LogP contribution in [-0.2, 0) is 49.4 Å². The lowest BCUT2D eigenvalue weighted by molar-refractivity contribution is -0.384. The second kappa shape index (κ2) is 32.2. The molecule has 1 heterocycles. The number of rotatable bonds is 31. The highest BCUT2D eigenvalue weighted by Crippen LogP contribution is 2.39. The predicted octanol–water partition coefficient (Wildman–Crippen LogP) is 12.8. The van der Waals surface area contributed by atoms with Gasteiger partial charge in [0, 0.05) is 30.7 Å². The number of hydrogen-bond donors (Lipinski definition) is 0. The van der Waals surface area contributed by atoms with Gasteiger partial charge in [0.1, 0.15) is 28.5 Å². The standard InChI is InChI=1S/C61H68N4O16S/c1-3-53(66)76-38-11-7-5-9-36-74-48-26-30-50(31-27-48)79-58(69)43-15-13-42(14-16-43)57(68)78-40-35-41-21-34-52(55-56(41)82-61(62-55)64-63-46-22-24-47(25-23-46)65(72)73)81-60(71)45-19-17-44(18-20-45)59(70)80-51-32-28-49(29-33-51)75-37-10-6-8-12-39-77-54(67)4-2/h3-4,21-34,42-45H,1-2,5-20,35-40H2. The van der Waals surface area contributed by atoms with Gasteiger partial charge in [-0.1, -0.05) is 30.6 Å². The van der Waals surface area contributed by atoms with E-state index >= 15 is 0 Å². The maximum atomic E-state index is 13.7. The van der Waals surface area contributed by atoms with Gasteiger partial charge in [-0.2, -0.15) is 0 Å². The number of hydrogen-bond acceptors (Lipinski definition) is 20. The molecule has 0 N–H and O–H groups in total. The molecule has 1 aromatic heterocycles. The van der Waals surface area contributed by atoms with Crippen LogP contribution in [0.5, 0.6) is 28.7 Å². The first-order valence-corrected chi connectivity index (χ1v) is 28.6. The van der Waals surface area contributed by atoms with Gasteiger partial charge in [0.15, 0.2) is 5.75 Å². The number of non-ortho nitro benzene ring substituents is 1. The fourth-order valence-electron chi connectivity index (χ4n) is 9.35. The van der Waals surface area contributed by atoms with Crippen molar-refractivity contribution in [3.05, 3.63) is 126 Å². The molecule has 0 atom stereocenters. The van der Waals surface area contributed by atoms with Crippen molar-refractivity contribution in [3.63, 3.8) is 0 Å². The maximum Gasteiger partial charge on any atom is 0.330 e. The number of unbranched alkanes of at least 4 members (excludes halogenated alkanes) is 6. The van der Waals surface area contributed by atoms with Crippen LogP contribution in [-0.4, -0.2) is 78.8 Å². The number of fused-ring (bicyclic) bond motifs is 1. The quantitative estimate of drug-likeness (QED) is 0.00584. The Balaban J connectivity index is 0.857. The molecule has 434 valence electrons. The van der Waals surface area contributed by atoms with Gasteiger partial charge in [0.2, 0.25) is 5.13 Å². The number of azo groups is 1. The molecule has 0 unspecified atom stereocenters. The van der Waals surface area contributed by atoms with Gasteiger partial charge in [0.25, 0.3) is 5.69 Å². The summed E-state index contributed by atoms with van der Waals surface area (Å²) in [5, 5.41) is 19.9. The van der Waals surface area contributed by atoms with Gasteiger partial charge in [-0.3, -0.25) is 29.3 Å². The van der Waals surface area contributed by atoms with Crippen molar-refractivity contribution >= 4 is 73.9 Å². The Morgan fingerprint density at radius 2 is 0.963 bits per heavy atom. The van der Waals surface area contributed by atoms with E-state index in [1.54, 1.807) is 60.7 Å². The highest BCUT2D eigenvalue weighted by atomic mass is 32.1. The highest BCUT2D eigenvalue weighted by molar-refractivity contribution is 7.22. The summed E-state index contributed by atoms with van der Waals surface area (Å²) < 4.78 is 45.4.